The molecule has 0 fully saturated rings. The van der Waals surface area contributed by atoms with Gasteiger partial charge in [0.25, 0.3) is 0 Å². The molecule has 2 N–H and O–H groups in total. The highest BCUT2D eigenvalue weighted by molar-refractivity contribution is 7.98. The summed E-state index contributed by atoms with van der Waals surface area (Å²) in [7, 11) is 1.94. The average Bonchev–Trinajstić information content (AvgIpc) is 3.22. The smallest absolute Gasteiger partial charge is 0.213 e. The van der Waals surface area contributed by atoms with Crippen LogP contribution in [0.2, 0.25) is 0 Å². The number of nitrogens with zero attached hydrogens (tertiary/aromatic N) is 5. The van der Waals surface area contributed by atoms with Gasteiger partial charge in [0.2, 0.25) is 5.89 Å². The topological polar surface area (TPSA) is 93.2 Å². The summed E-state index contributed by atoms with van der Waals surface area (Å²) >= 11 is 1.84. The van der Waals surface area contributed by atoms with Gasteiger partial charge in [0.1, 0.15) is 18.1 Å². The molecular weight excluding hydrogens is 362 g/mol. The Morgan fingerprint density at radius 2 is 2.07 bits per heavy atom. The molecule has 2 rings (SSSR count). The molecular formula is C18H31N7OS. The summed E-state index contributed by atoms with van der Waals surface area (Å²) in [6, 6.07) is 0. The number of aromatic nitrogens is 4. The molecule has 0 atom stereocenters. The summed E-state index contributed by atoms with van der Waals surface area (Å²) in [6.45, 7) is 10.0. The van der Waals surface area contributed by atoms with Gasteiger partial charge in [-0.25, -0.2) is 9.98 Å². The molecule has 0 aliphatic carbocycles. The molecule has 2 heterocycles. The predicted molar refractivity (Wildman–Crippen MR) is 110 cm³/mol. The number of aryl methyl sites for hydroxylation is 1. The molecule has 0 aromatic carbocycles. The third-order valence-electron chi connectivity index (χ3n) is 4.08. The van der Waals surface area contributed by atoms with Crippen molar-refractivity contribution in [2.45, 2.75) is 52.6 Å². The molecule has 0 spiro atoms. The Bertz CT molecular complexity index is 745. The minimum Gasteiger partial charge on any atom is -0.443 e. The molecule has 2 aromatic rings. The fourth-order valence-corrected chi connectivity index (χ4v) is 2.67. The highest BCUT2D eigenvalue weighted by atomic mass is 32.2. The molecule has 0 amide bonds. The normalized spacial score (nSPS) is 12.4. The number of hydrogen-bond acceptors (Lipinski definition) is 6. The number of rotatable bonds is 8. The van der Waals surface area contributed by atoms with Gasteiger partial charge in [-0.05, 0) is 25.4 Å². The van der Waals surface area contributed by atoms with Crippen molar-refractivity contribution < 1.29 is 4.42 Å². The van der Waals surface area contributed by atoms with Crippen LogP contribution in [0.15, 0.2) is 15.6 Å². The van der Waals surface area contributed by atoms with Crippen LogP contribution in [0.5, 0.6) is 0 Å². The zero-order valence-corrected chi connectivity index (χ0v) is 18.0. The van der Waals surface area contributed by atoms with E-state index in [-0.39, 0.29) is 5.41 Å². The molecule has 0 saturated heterocycles. The van der Waals surface area contributed by atoms with Crippen molar-refractivity contribution in [2.24, 2.45) is 12.0 Å². The van der Waals surface area contributed by atoms with Gasteiger partial charge in [0.05, 0.1) is 12.7 Å². The zero-order valence-electron chi connectivity index (χ0n) is 17.2. The number of aliphatic imine (C=N–C) groups is 1. The average molecular weight is 394 g/mol. The van der Waals surface area contributed by atoms with E-state index in [0.29, 0.717) is 24.9 Å². The van der Waals surface area contributed by atoms with Crippen LogP contribution in [0.4, 0.5) is 0 Å². The second kappa shape index (κ2) is 9.77. The fraction of sp³-hybridized carbons (Fsp3) is 0.667. The van der Waals surface area contributed by atoms with Crippen molar-refractivity contribution in [3.8, 4) is 0 Å². The molecule has 8 nitrogen and oxygen atoms in total. The van der Waals surface area contributed by atoms with Gasteiger partial charge in [0, 0.05) is 19.0 Å². The third kappa shape index (κ3) is 6.57. The van der Waals surface area contributed by atoms with E-state index in [1.165, 1.54) is 0 Å². The molecule has 2 aromatic heterocycles. The third-order valence-corrected chi connectivity index (χ3v) is 4.78. The van der Waals surface area contributed by atoms with E-state index in [1.807, 2.05) is 30.3 Å². The molecule has 0 saturated carbocycles. The Morgan fingerprint density at radius 3 is 2.67 bits per heavy atom. The highest BCUT2D eigenvalue weighted by Crippen LogP contribution is 2.22. The number of hydrogen-bond donors (Lipinski definition) is 2. The maximum atomic E-state index is 5.84. The first-order valence-electron chi connectivity index (χ1n) is 9.12. The zero-order chi connectivity index (χ0) is 19.9. The molecule has 0 bridgehead atoms. The number of nitrogens with one attached hydrogen (secondary N) is 2. The van der Waals surface area contributed by atoms with Gasteiger partial charge in [-0.1, -0.05) is 20.8 Å². The van der Waals surface area contributed by atoms with E-state index in [4.69, 9.17) is 4.42 Å². The minimum atomic E-state index is -0.0543. The van der Waals surface area contributed by atoms with Crippen molar-refractivity contribution in [1.82, 2.24) is 30.4 Å². The fourth-order valence-electron chi connectivity index (χ4n) is 2.23. The monoisotopic (exact) mass is 393 g/mol. The first-order valence-corrected chi connectivity index (χ1v) is 10.5. The Balaban J connectivity index is 1.99. The summed E-state index contributed by atoms with van der Waals surface area (Å²) < 4.78 is 7.78. The van der Waals surface area contributed by atoms with E-state index in [2.05, 4.69) is 57.8 Å². The predicted octanol–water partition coefficient (Wildman–Crippen LogP) is 2.40. The molecule has 0 aliphatic heterocycles. The molecule has 27 heavy (non-hydrogen) atoms. The van der Waals surface area contributed by atoms with Crippen LogP contribution < -0.4 is 10.6 Å². The second-order valence-corrected chi connectivity index (χ2v) is 8.37. The summed E-state index contributed by atoms with van der Waals surface area (Å²) in [6.07, 6.45) is 4.97. The van der Waals surface area contributed by atoms with Crippen molar-refractivity contribution in [3.63, 3.8) is 0 Å². The summed E-state index contributed by atoms with van der Waals surface area (Å²) in [4.78, 5) is 8.99. The number of thioether (sulfide) groups is 1. The quantitative estimate of drug-likeness (QED) is 0.404. The molecule has 150 valence electrons. The van der Waals surface area contributed by atoms with Crippen LogP contribution >= 0.6 is 11.8 Å². The largest absolute Gasteiger partial charge is 0.443 e. The van der Waals surface area contributed by atoms with Gasteiger partial charge in [-0.2, -0.15) is 11.8 Å². The van der Waals surface area contributed by atoms with E-state index >= 15 is 0 Å². The van der Waals surface area contributed by atoms with E-state index in [1.54, 1.807) is 6.20 Å². The minimum absolute atomic E-state index is 0.0543. The van der Waals surface area contributed by atoms with E-state index in [9.17, 15) is 0 Å². The van der Waals surface area contributed by atoms with Gasteiger partial charge < -0.3 is 19.6 Å². The van der Waals surface area contributed by atoms with Crippen molar-refractivity contribution >= 4 is 17.7 Å². The van der Waals surface area contributed by atoms with Gasteiger partial charge in [-0.3, -0.25) is 0 Å². The van der Waals surface area contributed by atoms with Crippen LogP contribution in [-0.4, -0.2) is 44.3 Å². The first-order chi connectivity index (χ1) is 12.8. The van der Waals surface area contributed by atoms with Crippen LogP contribution in [0.25, 0.3) is 0 Å². The lowest BCUT2D eigenvalue weighted by molar-refractivity contribution is 0.379. The maximum Gasteiger partial charge on any atom is 0.213 e. The lowest BCUT2D eigenvalue weighted by Crippen LogP contribution is -2.37. The second-order valence-electron chi connectivity index (χ2n) is 7.38. The van der Waals surface area contributed by atoms with Crippen LogP contribution in [0.3, 0.4) is 0 Å². The van der Waals surface area contributed by atoms with Gasteiger partial charge in [-0.15, -0.1) is 10.2 Å². The van der Waals surface area contributed by atoms with Crippen molar-refractivity contribution in [3.05, 3.63) is 29.5 Å². The van der Waals surface area contributed by atoms with E-state index < -0.39 is 0 Å². The van der Waals surface area contributed by atoms with Crippen LogP contribution in [0.1, 0.15) is 50.5 Å². The Morgan fingerprint density at radius 1 is 1.30 bits per heavy atom. The van der Waals surface area contributed by atoms with Crippen LogP contribution in [0, 0.1) is 6.92 Å². The Kier molecular flexibility index (Phi) is 7.70. The first kappa shape index (κ1) is 21.3. The molecule has 9 heteroatoms. The van der Waals surface area contributed by atoms with Crippen LogP contribution in [-0.2, 0) is 25.6 Å². The van der Waals surface area contributed by atoms with Gasteiger partial charge >= 0.3 is 0 Å². The lowest BCUT2D eigenvalue weighted by atomic mass is 9.94. The highest BCUT2D eigenvalue weighted by Gasteiger charge is 2.19. The summed E-state index contributed by atoms with van der Waals surface area (Å²) in [5, 5.41) is 14.9. The summed E-state index contributed by atoms with van der Waals surface area (Å²) in [5.41, 5.74) is -0.0543. The summed E-state index contributed by atoms with van der Waals surface area (Å²) in [5.74, 6) is 5.04. The Hall–Kier alpha value is -2.03. The molecule has 0 unspecified atom stereocenters. The molecule has 0 aliphatic rings. The van der Waals surface area contributed by atoms with Gasteiger partial charge in [0.15, 0.2) is 11.8 Å². The number of oxazole rings is 1. The molecule has 0 radical (unpaired) electrons. The maximum absolute atomic E-state index is 5.84. The lowest BCUT2D eigenvalue weighted by Gasteiger charge is -2.13. The number of guanidine groups is 1. The van der Waals surface area contributed by atoms with Crippen molar-refractivity contribution in [1.29, 1.82) is 0 Å². The standard InChI is InChI=1S/C18H31N7OS/c1-13-23-24-15(25(13)5)11-21-17(19-8-7-9-27-6)22-12-16-20-10-14(26-16)18(2,3)4/h10H,7-9,11-12H2,1-6H3,(H2,19,21,22). The van der Waals surface area contributed by atoms with E-state index in [0.717, 1.165) is 36.1 Å². The SMILES string of the molecule is CSCCCNC(=NCc1nnc(C)n1C)NCc1ncc(C(C)(C)C)o1. The van der Waals surface area contributed by atoms with Crippen molar-refractivity contribution in [2.75, 3.05) is 18.6 Å². The Labute approximate surface area is 165 Å².